The molecule has 0 saturated carbocycles. The van der Waals surface area contributed by atoms with E-state index >= 15 is 0 Å². The van der Waals surface area contributed by atoms with Gasteiger partial charge in [-0.05, 0) is 81.6 Å². The molecule has 0 aliphatic rings. The number of nitrogens with zero attached hydrogens (tertiary/aromatic N) is 2. The number of pyridine rings is 2. The normalized spacial score (nSPS) is 10.2. The first-order valence-electron chi connectivity index (χ1n) is 7.19. The predicted octanol–water partition coefficient (Wildman–Crippen LogP) is 4.75. The van der Waals surface area contributed by atoms with E-state index in [9.17, 15) is 10.2 Å². The first-order chi connectivity index (χ1) is 12.4. The fourth-order valence-electron chi connectivity index (χ4n) is 2.29. The Morgan fingerprint density at radius 3 is 1.48 bits per heavy atom. The third kappa shape index (κ3) is 4.94. The summed E-state index contributed by atoms with van der Waals surface area (Å²) in [6.07, 6.45) is 3.19. The molecule has 0 unspecified atom stereocenters. The minimum atomic E-state index is -0.0550. The van der Waals surface area contributed by atoms with Gasteiger partial charge in [0.1, 0.15) is 0 Å². The minimum absolute atomic E-state index is 0. The number of aromatic nitrogens is 2. The second-order valence-electron chi connectivity index (χ2n) is 5.14. The van der Waals surface area contributed by atoms with Gasteiger partial charge in [-0.25, -0.2) is 0 Å². The van der Waals surface area contributed by atoms with Gasteiger partial charge in [0.15, 0.2) is 0 Å². The van der Waals surface area contributed by atoms with Crippen LogP contribution in [0, 0.1) is 7.14 Å². The summed E-state index contributed by atoms with van der Waals surface area (Å²) in [4.78, 5) is 8.00. The predicted molar refractivity (Wildman–Crippen MR) is 124 cm³/mol. The van der Waals surface area contributed by atoms with Crippen LogP contribution in [-0.2, 0) is 0 Å². The van der Waals surface area contributed by atoms with Crippen LogP contribution in [0.1, 0.15) is 0 Å². The number of rotatable bonds is 0. The van der Waals surface area contributed by atoms with E-state index in [1.807, 2.05) is 45.2 Å². The molecule has 9 heteroatoms. The zero-order chi connectivity index (χ0) is 18.8. The van der Waals surface area contributed by atoms with Crippen molar-refractivity contribution >= 4 is 110 Å². The van der Waals surface area contributed by atoms with E-state index in [1.54, 1.807) is 48.8 Å². The van der Waals surface area contributed by atoms with Crippen molar-refractivity contribution in [2.45, 2.75) is 0 Å². The van der Waals surface area contributed by atoms with Crippen LogP contribution < -0.4 is 10.2 Å². The standard InChI is InChI=1S/2C9H5ClINO.Ga/c2*10-6-4-7(11)9(13)8-5(6)2-1-3-12-8;/h2*1-4,13H;/p-2/i;;1-2. The number of benzene rings is 2. The topological polar surface area (TPSA) is 71.9 Å². The fraction of sp³-hybridized carbons (Fsp3) is 0. The number of halogens is 4. The van der Waals surface area contributed by atoms with Crippen LogP contribution in [0.2, 0.25) is 10.0 Å². The number of hydrogen-bond acceptors (Lipinski definition) is 4. The minimum Gasteiger partial charge on any atom is -0.870 e. The summed E-state index contributed by atoms with van der Waals surface area (Å²) in [5, 5.41) is 25.7. The third-order valence-corrected chi connectivity index (χ3v) is 5.73. The van der Waals surface area contributed by atoms with Crippen molar-refractivity contribution in [2.24, 2.45) is 0 Å². The second-order valence-corrected chi connectivity index (χ2v) is 8.28. The molecule has 3 radical (unpaired) electrons. The van der Waals surface area contributed by atoms with Crippen LogP contribution in [0.4, 0.5) is 0 Å². The molecule has 0 saturated heterocycles. The molecule has 2 aromatic carbocycles. The molecular formula is C18H8Cl2GaI2N2O2-2. The van der Waals surface area contributed by atoms with Crippen molar-refractivity contribution in [2.75, 3.05) is 0 Å². The monoisotopic (exact) mass is 676 g/mol. The number of hydrogen-bond donors (Lipinski definition) is 0. The van der Waals surface area contributed by atoms with Crippen molar-refractivity contribution in [1.82, 2.24) is 9.97 Å². The average Bonchev–Trinajstić information content (AvgIpc) is 2.65. The van der Waals surface area contributed by atoms with Crippen LogP contribution in [0.5, 0.6) is 11.5 Å². The zero-order valence-corrected chi connectivity index (χ0v) is 21.7. The zero-order valence-electron chi connectivity index (χ0n) is 13.4. The van der Waals surface area contributed by atoms with Gasteiger partial charge in [-0.1, -0.05) is 34.7 Å². The molecule has 4 nitrogen and oxygen atoms in total. The average molecular weight is 677 g/mol. The molecular weight excluding hydrogens is 669 g/mol. The maximum absolute atomic E-state index is 11.6. The van der Waals surface area contributed by atoms with Crippen LogP contribution in [0.3, 0.4) is 0 Å². The second kappa shape index (κ2) is 9.84. The summed E-state index contributed by atoms with van der Waals surface area (Å²) < 4.78 is 1.21. The number of fused-ring (bicyclic) bond motifs is 2. The third-order valence-electron chi connectivity index (χ3n) is 3.50. The maximum Gasteiger partial charge on any atom is 0.0649 e. The molecule has 0 amide bonds. The summed E-state index contributed by atoms with van der Waals surface area (Å²) in [5.41, 5.74) is 0.888. The van der Waals surface area contributed by atoms with E-state index in [0.717, 1.165) is 10.8 Å². The Labute approximate surface area is 205 Å². The molecule has 0 fully saturated rings. The molecule has 0 spiro atoms. The van der Waals surface area contributed by atoms with Gasteiger partial charge in [0, 0.05) is 50.1 Å². The first kappa shape index (κ1) is 22.8. The van der Waals surface area contributed by atoms with Crippen molar-refractivity contribution in [1.29, 1.82) is 0 Å². The summed E-state index contributed by atoms with van der Waals surface area (Å²) >= 11 is 15.8. The Morgan fingerprint density at radius 2 is 1.11 bits per heavy atom. The Balaban J connectivity index is 0.000000187. The van der Waals surface area contributed by atoms with Crippen LogP contribution in [0.15, 0.2) is 48.8 Å². The molecule has 0 atom stereocenters. The fourth-order valence-corrected chi connectivity index (χ4v) is 4.32. The molecule has 27 heavy (non-hydrogen) atoms. The van der Waals surface area contributed by atoms with Crippen molar-refractivity contribution in [3.05, 3.63) is 66.0 Å². The van der Waals surface area contributed by atoms with Gasteiger partial charge >= 0.3 is 0 Å². The van der Waals surface area contributed by atoms with E-state index in [-0.39, 0.29) is 31.3 Å². The van der Waals surface area contributed by atoms with Gasteiger partial charge < -0.3 is 10.2 Å². The van der Waals surface area contributed by atoms with Crippen LogP contribution >= 0.6 is 68.4 Å². The van der Waals surface area contributed by atoms with Crippen molar-refractivity contribution in [3.63, 3.8) is 0 Å². The van der Waals surface area contributed by atoms with E-state index < -0.39 is 0 Å². The van der Waals surface area contributed by atoms with Crippen molar-refractivity contribution in [3.8, 4) is 11.5 Å². The van der Waals surface area contributed by atoms with Gasteiger partial charge in [-0.15, -0.1) is 0 Å². The molecule has 2 aromatic heterocycles. The van der Waals surface area contributed by atoms with Crippen LogP contribution in [0.25, 0.3) is 21.8 Å². The molecule has 0 bridgehead atoms. The summed E-state index contributed by atoms with van der Waals surface area (Å²) in [5.74, 6) is -0.110. The SMILES string of the molecule is [68Ga].[O-]c1c(I)cc(Cl)c2cccnc12.[O-]c1c(I)cc(Cl)c2cccnc12. The van der Waals surface area contributed by atoms with E-state index in [1.165, 1.54) is 0 Å². The Bertz CT molecular complexity index is 1040. The molecule has 0 aliphatic heterocycles. The van der Waals surface area contributed by atoms with Crippen LogP contribution in [-0.4, -0.2) is 29.8 Å². The molecule has 0 N–H and O–H groups in total. The van der Waals surface area contributed by atoms with E-state index in [4.69, 9.17) is 23.2 Å². The maximum atomic E-state index is 11.6. The molecule has 4 rings (SSSR count). The summed E-state index contributed by atoms with van der Waals surface area (Å²) in [7, 11) is 0. The van der Waals surface area contributed by atoms with Gasteiger partial charge in [0.2, 0.25) is 0 Å². The molecule has 2 heterocycles. The van der Waals surface area contributed by atoms with Gasteiger partial charge in [-0.3, -0.25) is 9.97 Å². The van der Waals surface area contributed by atoms with Gasteiger partial charge in [0.25, 0.3) is 0 Å². The Morgan fingerprint density at radius 1 is 0.741 bits per heavy atom. The summed E-state index contributed by atoms with van der Waals surface area (Å²) in [6.45, 7) is 0. The molecule has 4 aromatic rings. The quantitative estimate of drug-likeness (QED) is 0.199. The first-order valence-corrected chi connectivity index (χ1v) is 10.1. The Kier molecular flexibility index (Phi) is 8.31. The van der Waals surface area contributed by atoms with E-state index in [0.29, 0.717) is 28.2 Å². The molecule has 135 valence electrons. The van der Waals surface area contributed by atoms with Crippen molar-refractivity contribution < 1.29 is 10.2 Å². The van der Waals surface area contributed by atoms with Gasteiger partial charge in [0.05, 0.1) is 21.1 Å². The Hall–Kier alpha value is -0.464. The van der Waals surface area contributed by atoms with Gasteiger partial charge in [-0.2, -0.15) is 0 Å². The largest absolute Gasteiger partial charge is 0.870 e. The molecule has 0 aliphatic carbocycles. The smallest absolute Gasteiger partial charge is 0.0649 e. The summed E-state index contributed by atoms with van der Waals surface area (Å²) in [6, 6.07) is 10.4. The van der Waals surface area contributed by atoms with E-state index in [2.05, 4.69) is 9.97 Å².